The van der Waals surface area contributed by atoms with E-state index in [1.54, 1.807) is 6.08 Å². The van der Waals surface area contributed by atoms with Gasteiger partial charge in [-0.05, 0) is 57.0 Å². The van der Waals surface area contributed by atoms with Gasteiger partial charge in [0, 0.05) is 23.2 Å². The van der Waals surface area contributed by atoms with E-state index in [0.29, 0.717) is 17.9 Å². The maximum Gasteiger partial charge on any atom is 0.266 e. The fraction of sp³-hybridized carbons (Fsp3) is 0.304. The number of benzene rings is 2. The SMILES string of the molecule is CCOc1cc2c(cc1/C=C(\C#N)C(=O)Nc1c(C)cccc1C)O[C@H](C)C2. The Morgan fingerprint density at radius 3 is 2.71 bits per heavy atom. The van der Waals surface area contributed by atoms with Crippen LogP contribution in [-0.2, 0) is 11.2 Å². The number of anilines is 1. The standard InChI is InChI=1S/C23H24N2O3/c1-5-27-20-11-17-9-16(4)28-21(17)12-18(20)10-19(13-24)23(26)25-22-14(2)7-6-8-15(22)3/h6-8,10-12,16H,5,9H2,1-4H3,(H,25,26)/b19-10+/t16-/m1/s1. The lowest BCUT2D eigenvalue weighted by Crippen LogP contribution is -2.15. The molecule has 0 spiro atoms. The van der Waals surface area contributed by atoms with E-state index in [1.165, 1.54) is 0 Å². The molecule has 5 heteroatoms. The molecule has 0 unspecified atom stereocenters. The third kappa shape index (κ3) is 4.01. The number of ether oxygens (including phenoxy) is 2. The van der Waals surface area contributed by atoms with Crippen molar-refractivity contribution < 1.29 is 14.3 Å². The quantitative estimate of drug-likeness (QED) is 0.613. The van der Waals surface area contributed by atoms with E-state index in [0.717, 1.165) is 34.5 Å². The van der Waals surface area contributed by atoms with Gasteiger partial charge >= 0.3 is 0 Å². The van der Waals surface area contributed by atoms with Crippen LogP contribution in [-0.4, -0.2) is 18.6 Å². The number of hydrogen-bond donors (Lipinski definition) is 1. The Balaban J connectivity index is 1.95. The lowest BCUT2D eigenvalue weighted by molar-refractivity contribution is -0.112. The van der Waals surface area contributed by atoms with Gasteiger partial charge in [0.15, 0.2) is 0 Å². The maximum absolute atomic E-state index is 12.7. The number of amides is 1. The summed E-state index contributed by atoms with van der Waals surface area (Å²) >= 11 is 0. The molecule has 144 valence electrons. The van der Waals surface area contributed by atoms with Gasteiger partial charge in [-0.15, -0.1) is 0 Å². The van der Waals surface area contributed by atoms with E-state index < -0.39 is 5.91 Å². The minimum Gasteiger partial charge on any atom is -0.493 e. The highest BCUT2D eigenvalue weighted by atomic mass is 16.5. The fourth-order valence-electron chi connectivity index (χ4n) is 3.34. The largest absolute Gasteiger partial charge is 0.493 e. The first-order valence-electron chi connectivity index (χ1n) is 9.38. The van der Waals surface area contributed by atoms with Crippen molar-refractivity contribution in [1.82, 2.24) is 0 Å². The highest BCUT2D eigenvalue weighted by molar-refractivity contribution is 6.10. The molecular weight excluding hydrogens is 352 g/mol. The highest BCUT2D eigenvalue weighted by Crippen LogP contribution is 2.36. The van der Waals surface area contributed by atoms with Crippen molar-refractivity contribution >= 4 is 17.7 Å². The fourth-order valence-corrected chi connectivity index (χ4v) is 3.34. The zero-order valence-electron chi connectivity index (χ0n) is 16.6. The Labute approximate surface area is 165 Å². The second kappa shape index (κ2) is 8.18. The molecule has 1 aliphatic heterocycles. The molecule has 0 saturated heterocycles. The van der Waals surface area contributed by atoms with Crippen molar-refractivity contribution in [3.05, 3.63) is 58.2 Å². The molecular formula is C23H24N2O3. The predicted octanol–water partition coefficient (Wildman–Crippen LogP) is 4.57. The van der Waals surface area contributed by atoms with Gasteiger partial charge in [-0.25, -0.2) is 0 Å². The molecule has 0 saturated carbocycles. The first kappa shape index (κ1) is 19.5. The molecule has 1 heterocycles. The number of hydrogen-bond acceptors (Lipinski definition) is 4. The number of nitrogens with one attached hydrogen (secondary N) is 1. The zero-order chi connectivity index (χ0) is 20.3. The van der Waals surface area contributed by atoms with Crippen LogP contribution in [0.1, 0.15) is 36.1 Å². The monoisotopic (exact) mass is 376 g/mol. The van der Waals surface area contributed by atoms with E-state index in [9.17, 15) is 10.1 Å². The number of carbonyl (C=O) groups is 1. The van der Waals surface area contributed by atoms with Crippen molar-refractivity contribution in [1.29, 1.82) is 5.26 Å². The van der Waals surface area contributed by atoms with E-state index in [-0.39, 0.29) is 11.7 Å². The number of nitrogens with zero attached hydrogens (tertiary/aromatic N) is 1. The summed E-state index contributed by atoms with van der Waals surface area (Å²) in [4.78, 5) is 12.7. The molecule has 2 aromatic rings. The number of nitriles is 1. The van der Waals surface area contributed by atoms with Crippen LogP contribution in [0.4, 0.5) is 5.69 Å². The average molecular weight is 376 g/mol. The summed E-state index contributed by atoms with van der Waals surface area (Å²) in [5.74, 6) is 0.971. The minimum absolute atomic E-state index is 0.00889. The van der Waals surface area contributed by atoms with E-state index in [1.807, 2.05) is 64.1 Å². The van der Waals surface area contributed by atoms with Crippen molar-refractivity contribution in [3.63, 3.8) is 0 Å². The molecule has 0 fully saturated rings. The molecule has 0 radical (unpaired) electrons. The van der Waals surface area contributed by atoms with Crippen molar-refractivity contribution in [3.8, 4) is 17.6 Å². The average Bonchev–Trinajstić information content (AvgIpc) is 3.01. The molecule has 1 atom stereocenters. The van der Waals surface area contributed by atoms with Gasteiger partial charge in [0.05, 0.1) is 6.61 Å². The minimum atomic E-state index is -0.447. The molecule has 0 aromatic heterocycles. The zero-order valence-corrected chi connectivity index (χ0v) is 16.6. The summed E-state index contributed by atoms with van der Waals surface area (Å²) in [6, 6.07) is 11.6. The third-order valence-corrected chi connectivity index (χ3v) is 4.71. The molecule has 1 aliphatic rings. The Morgan fingerprint density at radius 1 is 1.36 bits per heavy atom. The number of aryl methyl sites for hydroxylation is 2. The van der Waals surface area contributed by atoms with Crippen LogP contribution in [0.25, 0.3) is 6.08 Å². The molecule has 1 N–H and O–H groups in total. The number of para-hydroxylation sites is 1. The Hall–Kier alpha value is -3.26. The van der Waals surface area contributed by atoms with E-state index in [4.69, 9.17) is 9.47 Å². The summed E-state index contributed by atoms with van der Waals surface area (Å²) in [5, 5.41) is 12.4. The highest BCUT2D eigenvalue weighted by Gasteiger charge is 2.22. The lowest BCUT2D eigenvalue weighted by atomic mass is 10.0. The predicted molar refractivity (Wildman–Crippen MR) is 110 cm³/mol. The van der Waals surface area contributed by atoms with Gasteiger partial charge in [0.25, 0.3) is 5.91 Å². The molecule has 5 nitrogen and oxygen atoms in total. The summed E-state index contributed by atoms with van der Waals surface area (Å²) in [5.41, 5.74) is 4.36. The first-order chi connectivity index (χ1) is 13.4. The van der Waals surface area contributed by atoms with Crippen molar-refractivity contribution in [2.75, 3.05) is 11.9 Å². The summed E-state index contributed by atoms with van der Waals surface area (Å²) in [6.45, 7) is 8.24. The normalized spacial score (nSPS) is 15.4. The van der Waals surface area contributed by atoms with Gasteiger partial charge in [-0.1, -0.05) is 18.2 Å². The van der Waals surface area contributed by atoms with Crippen LogP contribution < -0.4 is 14.8 Å². The van der Waals surface area contributed by atoms with E-state index in [2.05, 4.69) is 5.32 Å². The number of fused-ring (bicyclic) bond motifs is 1. The molecule has 0 aliphatic carbocycles. The molecule has 2 aromatic carbocycles. The second-order valence-corrected chi connectivity index (χ2v) is 6.95. The Kier molecular flexibility index (Phi) is 5.70. The van der Waals surface area contributed by atoms with Crippen LogP contribution in [0, 0.1) is 25.2 Å². The topological polar surface area (TPSA) is 71.3 Å². The molecule has 3 rings (SSSR count). The van der Waals surface area contributed by atoms with Crippen molar-refractivity contribution in [2.24, 2.45) is 0 Å². The van der Waals surface area contributed by atoms with Gasteiger partial charge < -0.3 is 14.8 Å². The summed E-state index contributed by atoms with van der Waals surface area (Å²) < 4.78 is 11.6. The van der Waals surface area contributed by atoms with Gasteiger partial charge in [0.1, 0.15) is 29.2 Å². The van der Waals surface area contributed by atoms with Gasteiger partial charge in [-0.3, -0.25) is 4.79 Å². The van der Waals surface area contributed by atoms with Crippen LogP contribution >= 0.6 is 0 Å². The third-order valence-electron chi connectivity index (χ3n) is 4.71. The second-order valence-electron chi connectivity index (χ2n) is 6.95. The molecule has 1 amide bonds. The summed E-state index contributed by atoms with van der Waals surface area (Å²) in [6.07, 6.45) is 2.48. The van der Waals surface area contributed by atoms with Crippen LogP contribution in [0.2, 0.25) is 0 Å². The van der Waals surface area contributed by atoms with Crippen LogP contribution in [0.3, 0.4) is 0 Å². The Morgan fingerprint density at radius 2 is 2.07 bits per heavy atom. The number of rotatable bonds is 5. The van der Waals surface area contributed by atoms with Crippen LogP contribution in [0.5, 0.6) is 11.5 Å². The summed E-state index contributed by atoms with van der Waals surface area (Å²) in [7, 11) is 0. The van der Waals surface area contributed by atoms with Gasteiger partial charge in [0.2, 0.25) is 0 Å². The van der Waals surface area contributed by atoms with Crippen molar-refractivity contribution in [2.45, 2.75) is 40.2 Å². The Bertz CT molecular complexity index is 966. The van der Waals surface area contributed by atoms with Gasteiger partial charge in [-0.2, -0.15) is 5.26 Å². The first-order valence-corrected chi connectivity index (χ1v) is 9.38. The lowest BCUT2D eigenvalue weighted by Gasteiger charge is -2.12. The molecule has 28 heavy (non-hydrogen) atoms. The maximum atomic E-state index is 12.7. The number of carbonyl (C=O) groups excluding carboxylic acids is 1. The molecule has 0 bridgehead atoms. The smallest absolute Gasteiger partial charge is 0.266 e. The van der Waals surface area contributed by atoms with E-state index >= 15 is 0 Å². The van der Waals surface area contributed by atoms with Crippen LogP contribution in [0.15, 0.2) is 35.9 Å².